The molecule has 11 nitrogen and oxygen atoms in total. The first-order valence-electron chi connectivity index (χ1n) is 17.3. The van der Waals surface area contributed by atoms with Crippen molar-refractivity contribution in [3.63, 3.8) is 0 Å². The molecule has 2 bridgehead atoms. The van der Waals surface area contributed by atoms with Gasteiger partial charge in [-0.25, -0.2) is 9.78 Å². The molecule has 4 fully saturated rings. The van der Waals surface area contributed by atoms with Crippen molar-refractivity contribution in [3.05, 3.63) is 61.7 Å². The molecule has 3 aliphatic heterocycles. The molecule has 1 spiro atoms. The van der Waals surface area contributed by atoms with E-state index < -0.39 is 23.8 Å². The number of halogens is 2. The Morgan fingerprint density at radius 3 is 2.26 bits per heavy atom. The van der Waals surface area contributed by atoms with Crippen LogP contribution in [0.15, 0.2) is 46.0 Å². The summed E-state index contributed by atoms with van der Waals surface area (Å²) in [7, 11) is 2.55. The van der Waals surface area contributed by atoms with Gasteiger partial charge < -0.3 is 23.8 Å². The monoisotopic (exact) mass is 744 g/mol. The van der Waals surface area contributed by atoms with E-state index in [-0.39, 0.29) is 39.4 Å². The first kappa shape index (κ1) is 35.5. The fraction of sp³-hybridized carbons (Fsp3) is 0.583. The molecule has 1 aromatic heterocycles. The third-order valence-electron chi connectivity index (χ3n) is 11.2. The Morgan fingerprint density at radius 1 is 0.980 bits per heavy atom. The second kappa shape index (κ2) is 15.0. The highest BCUT2D eigenvalue weighted by Gasteiger charge is 2.59. The molecule has 2 saturated carbocycles. The van der Waals surface area contributed by atoms with Crippen molar-refractivity contribution < 1.29 is 33.3 Å². The van der Waals surface area contributed by atoms with E-state index in [2.05, 4.69) is 9.88 Å². The van der Waals surface area contributed by atoms with Crippen LogP contribution < -0.4 is 0 Å². The van der Waals surface area contributed by atoms with E-state index in [9.17, 15) is 14.4 Å². The Hall–Kier alpha value is -2.87. The lowest BCUT2D eigenvalue weighted by Gasteiger charge is -2.47. The minimum atomic E-state index is -1.03. The molecule has 4 heterocycles. The molecule has 2 saturated heterocycles. The molecule has 0 N–H and O–H groups in total. The topological polar surface area (TPSA) is 120 Å². The number of aryl methyl sites for hydroxylation is 1. The van der Waals surface area contributed by atoms with Gasteiger partial charge in [-0.05, 0) is 49.8 Å². The van der Waals surface area contributed by atoms with E-state index in [0.29, 0.717) is 68.3 Å². The molecule has 1 aromatic carbocycles. The molecule has 1 amide bonds. The number of hydrogen-bond acceptors (Lipinski definition) is 11. The smallest absolute Gasteiger partial charge is 0.336 e. The number of nitrogens with zero attached hydrogens (tertiary/aromatic N) is 4. The summed E-state index contributed by atoms with van der Waals surface area (Å²) in [5.41, 5.74) is 1.16. The molecular weight excluding hydrogens is 703 g/mol. The summed E-state index contributed by atoms with van der Waals surface area (Å²) in [6.45, 7) is 4.01. The molecule has 14 heteroatoms. The molecule has 7 rings (SSSR count). The van der Waals surface area contributed by atoms with Crippen LogP contribution in [-0.2, 0) is 39.8 Å². The van der Waals surface area contributed by atoms with Gasteiger partial charge >= 0.3 is 11.9 Å². The van der Waals surface area contributed by atoms with Crippen LogP contribution in [0.2, 0.25) is 10.0 Å². The lowest BCUT2D eigenvalue weighted by molar-refractivity contribution is -0.230. The van der Waals surface area contributed by atoms with Crippen LogP contribution in [0.25, 0.3) is 0 Å². The van der Waals surface area contributed by atoms with Gasteiger partial charge in [-0.3, -0.25) is 19.5 Å². The van der Waals surface area contributed by atoms with Crippen LogP contribution in [0.3, 0.4) is 0 Å². The average Bonchev–Trinajstić information content (AvgIpc) is 3.86. The zero-order chi connectivity index (χ0) is 35.0. The molecule has 2 aliphatic carbocycles. The van der Waals surface area contributed by atoms with Crippen LogP contribution >= 0.6 is 34.5 Å². The number of ether oxygens (including phenoxy) is 4. The van der Waals surface area contributed by atoms with Crippen molar-refractivity contribution in [1.82, 2.24) is 14.8 Å². The van der Waals surface area contributed by atoms with Crippen molar-refractivity contribution in [2.45, 2.75) is 62.7 Å². The third-order valence-corrected chi connectivity index (χ3v) is 12.7. The highest BCUT2D eigenvalue weighted by Crippen LogP contribution is 2.55. The second-order valence-electron chi connectivity index (χ2n) is 13.6. The lowest BCUT2D eigenvalue weighted by atomic mass is 9.74. The largest absolute Gasteiger partial charge is 0.468 e. The molecule has 4 atom stereocenters. The lowest BCUT2D eigenvalue weighted by Crippen LogP contribution is -2.56. The number of piperazine rings is 1. The molecule has 4 unspecified atom stereocenters. The summed E-state index contributed by atoms with van der Waals surface area (Å²) in [4.78, 5) is 55.0. The van der Waals surface area contributed by atoms with E-state index in [0.717, 1.165) is 43.8 Å². The fourth-order valence-corrected chi connectivity index (χ4v) is 10.2. The van der Waals surface area contributed by atoms with Gasteiger partial charge in [0.15, 0.2) is 5.79 Å². The Labute approximate surface area is 305 Å². The molecule has 268 valence electrons. The van der Waals surface area contributed by atoms with E-state index in [1.54, 1.807) is 24.4 Å². The number of amides is 1. The first-order valence-corrected chi connectivity index (χ1v) is 19.0. The summed E-state index contributed by atoms with van der Waals surface area (Å²) in [6.07, 6.45) is 6.80. The number of benzene rings is 1. The Morgan fingerprint density at radius 2 is 1.66 bits per heavy atom. The zero-order valence-electron chi connectivity index (χ0n) is 28.3. The number of hydrogen-bond donors (Lipinski definition) is 0. The van der Waals surface area contributed by atoms with Crippen LogP contribution in [0.4, 0.5) is 0 Å². The summed E-state index contributed by atoms with van der Waals surface area (Å²) in [6, 6.07) is 5.45. The van der Waals surface area contributed by atoms with E-state index in [1.807, 2.05) is 10.3 Å². The quantitative estimate of drug-likeness (QED) is 0.315. The second-order valence-corrected chi connectivity index (χ2v) is 15.4. The number of carbonyl (C=O) groups excluding carboxylic acids is 3. The highest BCUT2D eigenvalue weighted by atomic mass is 35.5. The predicted octanol–water partition coefficient (Wildman–Crippen LogP) is 5.30. The summed E-state index contributed by atoms with van der Waals surface area (Å²) in [5.74, 6) is -3.03. The number of methoxy groups -OCH3 is 2. The van der Waals surface area contributed by atoms with Crippen LogP contribution in [0.5, 0.6) is 0 Å². The van der Waals surface area contributed by atoms with Gasteiger partial charge in [-0.1, -0.05) is 29.3 Å². The number of thiazole rings is 1. The van der Waals surface area contributed by atoms with Crippen molar-refractivity contribution in [2.75, 3.05) is 53.6 Å². The maximum absolute atomic E-state index is 14.1. The van der Waals surface area contributed by atoms with Gasteiger partial charge in [-0.15, -0.1) is 11.3 Å². The molecule has 2 aromatic rings. The summed E-state index contributed by atoms with van der Waals surface area (Å²) >= 11 is 15.0. The summed E-state index contributed by atoms with van der Waals surface area (Å²) < 4.78 is 22.9. The van der Waals surface area contributed by atoms with Gasteiger partial charge in [-0.2, -0.15) is 0 Å². The SMILES string of the molecule is COC(=O)C1=C(CC(=O)N2CCN(C3CC4CCC(C3)C43OCCO3)CC2)N=C(CCc2nccs2)C(C(=O)OC)C1c1c(Cl)cccc1Cl. The van der Waals surface area contributed by atoms with Crippen molar-refractivity contribution in [1.29, 1.82) is 0 Å². The molecule has 50 heavy (non-hydrogen) atoms. The fourth-order valence-electron chi connectivity index (χ4n) is 8.93. The number of carbonyl (C=O) groups is 3. The van der Waals surface area contributed by atoms with E-state index in [1.165, 1.54) is 25.6 Å². The van der Waals surface area contributed by atoms with Crippen molar-refractivity contribution in [3.8, 4) is 0 Å². The van der Waals surface area contributed by atoms with Gasteiger partial charge in [0, 0.05) is 83.7 Å². The highest BCUT2D eigenvalue weighted by molar-refractivity contribution is 7.09. The van der Waals surface area contributed by atoms with Gasteiger partial charge in [0.05, 0.1) is 50.1 Å². The normalized spacial score (nSPS) is 27.8. The molecule has 5 aliphatic rings. The minimum absolute atomic E-state index is 0.0749. The number of aromatic nitrogens is 1. The third kappa shape index (κ3) is 6.63. The minimum Gasteiger partial charge on any atom is -0.468 e. The maximum atomic E-state index is 14.1. The van der Waals surface area contributed by atoms with Gasteiger partial charge in [0.2, 0.25) is 5.91 Å². The van der Waals surface area contributed by atoms with Crippen molar-refractivity contribution in [2.24, 2.45) is 22.7 Å². The Balaban J connectivity index is 1.15. The number of esters is 2. The van der Waals surface area contributed by atoms with E-state index in [4.69, 9.17) is 47.1 Å². The van der Waals surface area contributed by atoms with Gasteiger partial charge in [0.25, 0.3) is 0 Å². The zero-order valence-corrected chi connectivity index (χ0v) is 30.6. The predicted molar refractivity (Wildman–Crippen MR) is 188 cm³/mol. The Bertz CT molecular complexity index is 1630. The standard InChI is InChI=1S/C36H42Cl2N4O7S/c1-46-34(44)31-26(8-9-28-39-10-17-50-28)40-27(32(35(45)47-2)33(31)30-24(37)4-3-5-25(30)38)20-29(43)42-13-11-41(12-14-42)23-18-21-6-7-22(19-23)36(21)48-15-16-49-36/h3-5,10,17,21-23,31,33H,6-9,11-16,18-20H2,1-2H3. The maximum Gasteiger partial charge on any atom is 0.336 e. The number of rotatable bonds is 9. The van der Waals surface area contributed by atoms with Crippen LogP contribution in [-0.4, -0.2) is 104 Å². The summed E-state index contributed by atoms with van der Waals surface area (Å²) in [5, 5.41) is 3.29. The van der Waals surface area contributed by atoms with Gasteiger partial charge in [0.1, 0.15) is 5.92 Å². The number of aliphatic imine (C=N–C) groups is 1. The van der Waals surface area contributed by atoms with Crippen LogP contribution in [0.1, 0.15) is 55.0 Å². The molecular formula is C36H42Cl2N4O7S. The Kier molecular flexibility index (Phi) is 10.7. The molecule has 0 radical (unpaired) electrons. The van der Waals surface area contributed by atoms with Crippen LogP contribution in [0, 0.1) is 17.8 Å². The first-order chi connectivity index (χ1) is 24.2. The average molecular weight is 746 g/mol. The van der Waals surface area contributed by atoms with E-state index >= 15 is 0 Å². The van der Waals surface area contributed by atoms with Crippen molar-refractivity contribution >= 4 is 58.1 Å².